The van der Waals surface area contributed by atoms with E-state index in [-0.39, 0.29) is 17.9 Å². The normalized spacial score (nSPS) is 12.6. The number of anilines is 2. The lowest BCUT2D eigenvalue weighted by Crippen LogP contribution is -2.19. The molecule has 0 aliphatic rings. The van der Waals surface area contributed by atoms with Crippen molar-refractivity contribution in [1.82, 2.24) is 0 Å². The standard InChI is InChI=1S/C13H21FN2OS/c1-8(2)17-13-6-12(11(15)5-10(13)14)16-9(3)7-18-4/h5-6,8-9,16H,7,15H2,1-4H3. The number of benzene rings is 1. The maximum atomic E-state index is 13.6. The van der Waals surface area contributed by atoms with Crippen LogP contribution in [0.5, 0.6) is 5.75 Å². The van der Waals surface area contributed by atoms with E-state index in [0.717, 1.165) is 5.75 Å². The van der Waals surface area contributed by atoms with E-state index in [1.54, 1.807) is 17.8 Å². The van der Waals surface area contributed by atoms with Crippen molar-refractivity contribution in [2.75, 3.05) is 23.1 Å². The molecule has 0 heterocycles. The highest BCUT2D eigenvalue weighted by Gasteiger charge is 2.12. The molecule has 0 radical (unpaired) electrons. The molecule has 0 aliphatic carbocycles. The van der Waals surface area contributed by atoms with Gasteiger partial charge in [0.1, 0.15) is 0 Å². The second-order valence-corrected chi connectivity index (χ2v) is 5.45. The van der Waals surface area contributed by atoms with Crippen molar-refractivity contribution < 1.29 is 9.13 Å². The van der Waals surface area contributed by atoms with Crippen LogP contribution in [-0.2, 0) is 0 Å². The van der Waals surface area contributed by atoms with Gasteiger partial charge in [-0.3, -0.25) is 0 Å². The third-order valence-electron chi connectivity index (χ3n) is 2.29. The van der Waals surface area contributed by atoms with Gasteiger partial charge in [0.05, 0.1) is 17.5 Å². The molecule has 0 bridgehead atoms. The summed E-state index contributed by atoms with van der Waals surface area (Å²) in [6.07, 6.45) is 1.97. The quantitative estimate of drug-likeness (QED) is 0.780. The maximum absolute atomic E-state index is 13.6. The number of rotatable bonds is 6. The summed E-state index contributed by atoms with van der Waals surface area (Å²) in [4.78, 5) is 0. The average molecular weight is 272 g/mol. The van der Waals surface area contributed by atoms with Crippen LogP contribution in [0.2, 0.25) is 0 Å². The molecule has 3 N–H and O–H groups in total. The van der Waals surface area contributed by atoms with Gasteiger partial charge in [0.15, 0.2) is 11.6 Å². The molecule has 0 spiro atoms. The third kappa shape index (κ3) is 4.29. The lowest BCUT2D eigenvalue weighted by molar-refractivity contribution is 0.231. The molecule has 18 heavy (non-hydrogen) atoms. The van der Waals surface area contributed by atoms with Gasteiger partial charge in [-0.15, -0.1) is 0 Å². The van der Waals surface area contributed by atoms with Gasteiger partial charge >= 0.3 is 0 Å². The number of ether oxygens (including phenoxy) is 1. The maximum Gasteiger partial charge on any atom is 0.167 e. The van der Waals surface area contributed by atoms with Crippen molar-refractivity contribution in [2.45, 2.75) is 32.9 Å². The average Bonchev–Trinajstić information content (AvgIpc) is 2.24. The molecule has 1 aromatic rings. The smallest absolute Gasteiger partial charge is 0.167 e. The highest BCUT2D eigenvalue weighted by molar-refractivity contribution is 7.98. The Kier molecular flexibility index (Phi) is 5.59. The molecule has 0 amide bonds. The van der Waals surface area contributed by atoms with Crippen LogP contribution in [-0.4, -0.2) is 24.2 Å². The molecule has 102 valence electrons. The minimum Gasteiger partial charge on any atom is -0.488 e. The van der Waals surface area contributed by atoms with Crippen LogP contribution in [0.25, 0.3) is 0 Å². The highest BCUT2D eigenvalue weighted by Crippen LogP contribution is 2.29. The molecule has 0 aliphatic heterocycles. The first-order chi connectivity index (χ1) is 8.43. The first-order valence-electron chi connectivity index (χ1n) is 5.95. The summed E-state index contributed by atoms with van der Waals surface area (Å²) >= 11 is 1.74. The molecular weight excluding hydrogens is 251 g/mol. The van der Waals surface area contributed by atoms with Crippen LogP contribution in [0.1, 0.15) is 20.8 Å². The van der Waals surface area contributed by atoms with E-state index in [4.69, 9.17) is 10.5 Å². The zero-order valence-corrected chi connectivity index (χ0v) is 12.1. The number of nitrogen functional groups attached to an aromatic ring is 1. The van der Waals surface area contributed by atoms with E-state index >= 15 is 0 Å². The number of nitrogens with two attached hydrogens (primary N) is 1. The Morgan fingerprint density at radius 3 is 2.61 bits per heavy atom. The fourth-order valence-corrected chi connectivity index (χ4v) is 2.18. The molecular formula is C13H21FN2OS. The Bertz CT molecular complexity index is 399. The second kappa shape index (κ2) is 6.73. The van der Waals surface area contributed by atoms with Gasteiger partial charge in [-0.25, -0.2) is 4.39 Å². The lowest BCUT2D eigenvalue weighted by atomic mass is 10.2. The molecule has 1 unspecified atom stereocenters. The van der Waals surface area contributed by atoms with Crippen LogP contribution in [0.3, 0.4) is 0 Å². The van der Waals surface area contributed by atoms with Gasteiger partial charge in [-0.05, 0) is 27.0 Å². The van der Waals surface area contributed by atoms with Gasteiger partial charge in [-0.2, -0.15) is 11.8 Å². The molecule has 0 saturated carbocycles. The summed E-state index contributed by atoms with van der Waals surface area (Å²) in [5.41, 5.74) is 6.92. The lowest BCUT2D eigenvalue weighted by Gasteiger charge is -2.18. The van der Waals surface area contributed by atoms with Crippen LogP contribution in [0, 0.1) is 5.82 Å². The number of thioether (sulfide) groups is 1. The minimum atomic E-state index is -0.427. The van der Waals surface area contributed by atoms with E-state index in [0.29, 0.717) is 11.4 Å². The van der Waals surface area contributed by atoms with E-state index in [1.165, 1.54) is 6.07 Å². The Labute approximate surface area is 112 Å². The zero-order chi connectivity index (χ0) is 13.7. The second-order valence-electron chi connectivity index (χ2n) is 4.54. The van der Waals surface area contributed by atoms with Gasteiger partial charge in [0.2, 0.25) is 0 Å². The number of hydrogen-bond acceptors (Lipinski definition) is 4. The predicted molar refractivity (Wildman–Crippen MR) is 78.0 cm³/mol. The summed E-state index contributed by atoms with van der Waals surface area (Å²) in [7, 11) is 0. The van der Waals surface area contributed by atoms with Gasteiger partial charge < -0.3 is 15.8 Å². The number of nitrogens with one attached hydrogen (secondary N) is 1. The largest absolute Gasteiger partial charge is 0.488 e. The van der Waals surface area contributed by atoms with Crippen LogP contribution >= 0.6 is 11.8 Å². The molecule has 1 rings (SSSR count). The van der Waals surface area contributed by atoms with Gasteiger partial charge in [0, 0.05) is 23.9 Å². The Hall–Kier alpha value is -1.10. The molecule has 1 aromatic carbocycles. The fraction of sp³-hybridized carbons (Fsp3) is 0.538. The van der Waals surface area contributed by atoms with Gasteiger partial charge in [0.25, 0.3) is 0 Å². The van der Waals surface area contributed by atoms with Crippen LogP contribution in [0.4, 0.5) is 15.8 Å². The van der Waals surface area contributed by atoms with E-state index < -0.39 is 5.82 Å². The first kappa shape index (κ1) is 15.0. The van der Waals surface area contributed by atoms with Crippen molar-refractivity contribution in [1.29, 1.82) is 0 Å². The molecule has 0 aromatic heterocycles. The van der Waals surface area contributed by atoms with Crippen LogP contribution in [0.15, 0.2) is 12.1 Å². The first-order valence-corrected chi connectivity index (χ1v) is 7.34. The van der Waals surface area contributed by atoms with Crippen molar-refractivity contribution in [3.8, 4) is 5.75 Å². The highest BCUT2D eigenvalue weighted by atomic mass is 32.2. The molecule has 3 nitrogen and oxygen atoms in total. The molecule has 1 atom stereocenters. The minimum absolute atomic E-state index is 0.0698. The van der Waals surface area contributed by atoms with Crippen molar-refractivity contribution >= 4 is 23.1 Å². The van der Waals surface area contributed by atoms with Crippen molar-refractivity contribution in [2.24, 2.45) is 0 Å². The summed E-state index contributed by atoms with van der Waals surface area (Å²) in [6.45, 7) is 5.78. The van der Waals surface area contributed by atoms with E-state index in [2.05, 4.69) is 12.2 Å². The third-order valence-corrected chi connectivity index (χ3v) is 3.12. The summed E-state index contributed by atoms with van der Waals surface area (Å²) in [6, 6.07) is 3.19. The molecule has 0 saturated heterocycles. The van der Waals surface area contributed by atoms with Crippen molar-refractivity contribution in [3.63, 3.8) is 0 Å². The summed E-state index contributed by atoms with van der Waals surface area (Å²) in [5, 5.41) is 3.26. The molecule has 5 heteroatoms. The fourth-order valence-electron chi connectivity index (χ4n) is 1.60. The van der Waals surface area contributed by atoms with Gasteiger partial charge in [-0.1, -0.05) is 0 Å². The Morgan fingerprint density at radius 1 is 1.39 bits per heavy atom. The number of halogens is 1. The summed E-state index contributed by atoms with van der Waals surface area (Å²) in [5.74, 6) is 0.763. The Morgan fingerprint density at radius 2 is 2.06 bits per heavy atom. The number of hydrogen-bond donors (Lipinski definition) is 2. The van der Waals surface area contributed by atoms with E-state index in [9.17, 15) is 4.39 Å². The van der Waals surface area contributed by atoms with Crippen LogP contribution < -0.4 is 15.8 Å². The Balaban J connectivity index is 2.90. The molecule has 0 fully saturated rings. The van der Waals surface area contributed by atoms with E-state index in [1.807, 2.05) is 20.1 Å². The van der Waals surface area contributed by atoms with Crippen molar-refractivity contribution in [3.05, 3.63) is 17.9 Å². The summed E-state index contributed by atoms with van der Waals surface area (Å²) < 4.78 is 19.0. The topological polar surface area (TPSA) is 47.3 Å². The predicted octanol–water partition coefficient (Wildman–Crippen LogP) is 3.36. The zero-order valence-electron chi connectivity index (χ0n) is 11.3. The monoisotopic (exact) mass is 272 g/mol. The SMILES string of the molecule is CSCC(C)Nc1cc(OC(C)C)c(F)cc1N.